The smallest absolute Gasteiger partial charge is 0.274 e. The van der Waals surface area contributed by atoms with E-state index >= 15 is 0 Å². The maximum atomic E-state index is 12.7. The average Bonchev–Trinajstić information content (AvgIpc) is 3.38. The van der Waals surface area contributed by atoms with Crippen molar-refractivity contribution >= 4 is 34.0 Å². The number of fused-ring (bicyclic) bond motifs is 2. The van der Waals surface area contributed by atoms with Crippen LogP contribution >= 0.6 is 11.3 Å². The van der Waals surface area contributed by atoms with Crippen LogP contribution in [-0.2, 0) is 24.8 Å². The standard InChI is InChI=1S/C23H24N6O2S/c1-13-4-5-19(26-20(30)12-29-9-7-18-17(11-29)25-14(2)32-18)27-21(13)16-10-28(3)23(31)22-15(16)6-8-24-22/h4-6,8,10,24H,7,9,11-12H2,1-3H3,(H,26,27,30). The van der Waals surface area contributed by atoms with E-state index in [0.29, 0.717) is 24.4 Å². The second-order valence-electron chi connectivity index (χ2n) is 8.20. The molecule has 8 nitrogen and oxygen atoms in total. The summed E-state index contributed by atoms with van der Waals surface area (Å²) in [5, 5.41) is 4.83. The van der Waals surface area contributed by atoms with E-state index in [9.17, 15) is 9.59 Å². The third-order valence-electron chi connectivity index (χ3n) is 5.79. The van der Waals surface area contributed by atoms with Gasteiger partial charge in [0.2, 0.25) is 5.91 Å². The maximum absolute atomic E-state index is 12.7. The van der Waals surface area contributed by atoms with Crippen LogP contribution in [0.1, 0.15) is 21.1 Å². The van der Waals surface area contributed by atoms with E-state index in [1.165, 1.54) is 4.88 Å². The molecule has 0 bridgehead atoms. The van der Waals surface area contributed by atoms with Crippen molar-refractivity contribution in [3.05, 3.63) is 62.1 Å². The molecule has 32 heavy (non-hydrogen) atoms. The van der Waals surface area contributed by atoms with Gasteiger partial charge in [0.05, 0.1) is 22.9 Å². The van der Waals surface area contributed by atoms with Gasteiger partial charge in [0.25, 0.3) is 5.56 Å². The van der Waals surface area contributed by atoms with Gasteiger partial charge in [-0.25, -0.2) is 9.97 Å². The number of aromatic amines is 1. The molecule has 0 radical (unpaired) electrons. The van der Waals surface area contributed by atoms with Crippen LogP contribution in [0.3, 0.4) is 0 Å². The summed E-state index contributed by atoms with van der Waals surface area (Å²) in [5.41, 5.74) is 4.10. The van der Waals surface area contributed by atoms with Gasteiger partial charge >= 0.3 is 0 Å². The normalized spacial score (nSPS) is 14.0. The Bertz CT molecular complexity index is 1400. The quantitative estimate of drug-likeness (QED) is 0.500. The highest BCUT2D eigenvalue weighted by molar-refractivity contribution is 7.11. The third kappa shape index (κ3) is 3.74. The second-order valence-corrected chi connectivity index (χ2v) is 9.49. The van der Waals surface area contributed by atoms with Crippen molar-refractivity contribution in [2.75, 3.05) is 18.4 Å². The van der Waals surface area contributed by atoms with Crippen LogP contribution < -0.4 is 10.9 Å². The molecule has 9 heteroatoms. The Labute approximate surface area is 188 Å². The summed E-state index contributed by atoms with van der Waals surface area (Å²) in [6, 6.07) is 5.63. The number of aryl methyl sites for hydroxylation is 3. The van der Waals surface area contributed by atoms with Gasteiger partial charge in [-0.2, -0.15) is 0 Å². The van der Waals surface area contributed by atoms with Crippen LogP contribution in [0, 0.1) is 13.8 Å². The first kappa shape index (κ1) is 20.6. The number of amides is 1. The van der Waals surface area contributed by atoms with Gasteiger partial charge in [-0.05, 0) is 38.0 Å². The van der Waals surface area contributed by atoms with Crippen LogP contribution in [0.5, 0.6) is 0 Å². The molecular formula is C23H24N6O2S. The molecule has 164 valence electrons. The minimum absolute atomic E-state index is 0.0872. The van der Waals surface area contributed by atoms with Crippen molar-refractivity contribution < 1.29 is 4.79 Å². The molecule has 5 rings (SSSR count). The molecule has 5 heterocycles. The highest BCUT2D eigenvalue weighted by Gasteiger charge is 2.22. The zero-order valence-electron chi connectivity index (χ0n) is 18.2. The first-order valence-electron chi connectivity index (χ1n) is 10.5. The van der Waals surface area contributed by atoms with Crippen LogP contribution in [0.4, 0.5) is 5.82 Å². The van der Waals surface area contributed by atoms with Crippen molar-refractivity contribution in [3.63, 3.8) is 0 Å². The molecule has 0 atom stereocenters. The Hall–Kier alpha value is -3.30. The Kier molecular flexibility index (Phi) is 5.15. The number of anilines is 1. The Balaban J connectivity index is 1.37. The Morgan fingerprint density at radius 1 is 1.25 bits per heavy atom. The summed E-state index contributed by atoms with van der Waals surface area (Å²) in [5.74, 6) is 0.394. The molecule has 4 aromatic heterocycles. The van der Waals surface area contributed by atoms with E-state index in [2.05, 4.69) is 20.2 Å². The lowest BCUT2D eigenvalue weighted by Crippen LogP contribution is -2.37. The van der Waals surface area contributed by atoms with E-state index in [0.717, 1.165) is 45.9 Å². The molecule has 4 aromatic rings. The fraction of sp³-hybridized carbons (Fsp3) is 0.304. The maximum Gasteiger partial charge on any atom is 0.274 e. The SMILES string of the molecule is Cc1nc2c(s1)CCN(CC(=O)Nc1ccc(C)c(-c3cn(C)c(=O)c4[nH]ccc34)n1)C2. The van der Waals surface area contributed by atoms with Crippen molar-refractivity contribution in [2.45, 2.75) is 26.8 Å². The lowest BCUT2D eigenvalue weighted by atomic mass is 10.0. The summed E-state index contributed by atoms with van der Waals surface area (Å²) in [6.07, 6.45) is 4.48. The molecule has 2 N–H and O–H groups in total. The fourth-order valence-electron chi connectivity index (χ4n) is 4.23. The zero-order valence-corrected chi connectivity index (χ0v) is 19.0. The predicted molar refractivity (Wildman–Crippen MR) is 126 cm³/mol. The number of nitrogens with one attached hydrogen (secondary N) is 2. The summed E-state index contributed by atoms with van der Waals surface area (Å²) < 4.78 is 1.55. The van der Waals surface area contributed by atoms with Crippen LogP contribution in [0.15, 0.2) is 35.4 Å². The number of thiazole rings is 1. The van der Waals surface area contributed by atoms with Crippen molar-refractivity contribution in [1.82, 2.24) is 24.4 Å². The summed E-state index contributed by atoms with van der Waals surface area (Å²) in [6.45, 7) is 5.83. The lowest BCUT2D eigenvalue weighted by Gasteiger charge is -2.25. The van der Waals surface area contributed by atoms with Crippen LogP contribution in [-0.4, -0.2) is 43.4 Å². The molecule has 0 unspecified atom stereocenters. The Morgan fingerprint density at radius 2 is 2.09 bits per heavy atom. The summed E-state index contributed by atoms with van der Waals surface area (Å²) in [7, 11) is 1.72. The molecule has 1 amide bonds. The third-order valence-corrected chi connectivity index (χ3v) is 6.87. The van der Waals surface area contributed by atoms with Crippen molar-refractivity contribution in [3.8, 4) is 11.3 Å². The molecule has 1 aliphatic heterocycles. The van der Waals surface area contributed by atoms with E-state index in [-0.39, 0.29) is 11.5 Å². The molecule has 0 saturated carbocycles. The van der Waals surface area contributed by atoms with E-state index < -0.39 is 0 Å². The number of nitrogens with zero attached hydrogens (tertiary/aromatic N) is 4. The minimum Gasteiger partial charge on any atom is -0.357 e. The number of aromatic nitrogens is 4. The molecule has 0 aliphatic carbocycles. The monoisotopic (exact) mass is 448 g/mol. The molecular weight excluding hydrogens is 424 g/mol. The number of carbonyl (C=O) groups excluding carboxylic acids is 1. The van der Waals surface area contributed by atoms with Crippen LogP contribution in [0.25, 0.3) is 22.2 Å². The number of carbonyl (C=O) groups is 1. The van der Waals surface area contributed by atoms with E-state index in [1.54, 1.807) is 35.3 Å². The minimum atomic E-state index is -0.102. The highest BCUT2D eigenvalue weighted by atomic mass is 32.1. The van der Waals surface area contributed by atoms with Crippen molar-refractivity contribution in [2.24, 2.45) is 7.05 Å². The van der Waals surface area contributed by atoms with Gasteiger partial charge < -0.3 is 14.9 Å². The fourth-order valence-corrected chi connectivity index (χ4v) is 5.16. The zero-order chi connectivity index (χ0) is 22.4. The van der Waals surface area contributed by atoms with Gasteiger partial charge in [-0.3, -0.25) is 14.5 Å². The second kappa shape index (κ2) is 7.99. The van der Waals surface area contributed by atoms with Crippen molar-refractivity contribution in [1.29, 1.82) is 0 Å². The molecule has 1 aliphatic rings. The highest BCUT2D eigenvalue weighted by Crippen LogP contribution is 2.29. The summed E-state index contributed by atoms with van der Waals surface area (Å²) >= 11 is 1.75. The van der Waals surface area contributed by atoms with Crippen LogP contribution in [0.2, 0.25) is 0 Å². The molecule has 0 saturated heterocycles. The predicted octanol–water partition coefficient (Wildman–Crippen LogP) is 3.00. The number of pyridine rings is 2. The van der Waals surface area contributed by atoms with Gasteiger partial charge in [-0.1, -0.05) is 6.07 Å². The first-order chi connectivity index (χ1) is 15.4. The largest absolute Gasteiger partial charge is 0.357 e. The van der Waals surface area contributed by atoms with Gasteiger partial charge in [0, 0.05) is 48.4 Å². The average molecular weight is 449 g/mol. The van der Waals surface area contributed by atoms with Gasteiger partial charge in [-0.15, -0.1) is 11.3 Å². The Morgan fingerprint density at radius 3 is 2.94 bits per heavy atom. The number of hydrogen-bond donors (Lipinski definition) is 2. The van der Waals surface area contributed by atoms with Gasteiger partial charge in [0.1, 0.15) is 11.3 Å². The number of rotatable bonds is 4. The number of H-pyrrole nitrogens is 1. The first-order valence-corrected chi connectivity index (χ1v) is 11.3. The lowest BCUT2D eigenvalue weighted by molar-refractivity contribution is -0.117. The molecule has 0 spiro atoms. The summed E-state index contributed by atoms with van der Waals surface area (Å²) in [4.78, 5) is 40.9. The topological polar surface area (TPSA) is 95.9 Å². The van der Waals surface area contributed by atoms with Gasteiger partial charge in [0.15, 0.2) is 0 Å². The van der Waals surface area contributed by atoms with E-state index in [4.69, 9.17) is 4.98 Å². The number of hydrogen-bond acceptors (Lipinski definition) is 6. The molecule has 0 fully saturated rings. The van der Waals surface area contributed by atoms with E-state index in [1.807, 2.05) is 32.0 Å². The molecule has 0 aromatic carbocycles.